The van der Waals surface area contributed by atoms with E-state index in [-0.39, 0.29) is 23.9 Å². The summed E-state index contributed by atoms with van der Waals surface area (Å²) in [6.45, 7) is 7.36. The largest absolute Gasteiger partial charge is 0.489 e. The van der Waals surface area contributed by atoms with Crippen LogP contribution in [0.15, 0.2) is 73.3 Å². The fraction of sp³-hybridized carbons (Fsp3) is 0.485. The van der Waals surface area contributed by atoms with Crippen molar-refractivity contribution in [2.75, 3.05) is 19.8 Å². The van der Waals surface area contributed by atoms with Gasteiger partial charge in [-0.3, -0.25) is 9.59 Å². The zero-order valence-electron chi connectivity index (χ0n) is 24.8. The summed E-state index contributed by atoms with van der Waals surface area (Å²) in [7, 11) is 0. The van der Waals surface area contributed by atoms with Crippen molar-refractivity contribution in [3.63, 3.8) is 0 Å². The van der Waals surface area contributed by atoms with E-state index in [1.165, 1.54) is 0 Å². The molecule has 3 aromatic rings. The molecule has 4 rings (SSSR count). The molecule has 0 unspecified atom stereocenters. The first-order chi connectivity index (χ1) is 20.5. The number of nitrogens with zero attached hydrogens (tertiary/aromatic N) is 2. The van der Waals surface area contributed by atoms with Gasteiger partial charge in [-0.15, -0.1) is 0 Å². The van der Waals surface area contributed by atoms with Gasteiger partial charge in [-0.1, -0.05) is 56.3 Å². The number of benzene rings is 2. The second kappa shape index (κ2) is 16.7. The number of hydrogen-bond donors (Lipinski definition) is 3. The summed E-state index contributed by atoms with van der Waals surface area (Å²) in [4.78, 5) is 31.1. The number of carbonyl (C=O) groups excluding carboxylic acids is 2. The van der Waals surface area contributed by atoms with Gasteiger partial charge in [0.1, 0.15) is 18.4 Å². The maximum absolute atomic E-state index is 13.6. The highest BCUT2D eigenvalue weighted by Gasteiger charge is 2.28. The molecule has 1 aliphatic heterocycles. The molecule has 2 atom stereocenters. The summed E-state index contributed by atoms with van der Waals surface area (Å²) in [6, 6.07) is 16.9. The fourth-order valence-electron chi connectivity index (χ4n) is 5.07. The van der Waals surface area contributed by atoms with E-state index in [1.54, 1.807) is 12.5 Å². The average molecular weight is 576 g/mol. The number of carbonyl (C=O) groups is 2. The number of aryl methyl sites for hydroxylation is 1. The lowest BCUT2D eigenvalue weighted by atomic mass is 9.99. The monoisotopic (exact) mass is 575 g/mol. The van der Waals surface area contributed by atoms with Gasteiger partial charge in [0, 0.05) is 51.2 Å². The number of nitrogens with one attached hydrogen (secondary N) is 3. The molecule has 42 heavy (non-hydrogen) atoms. The SMILES string of the molecule is CC(C)C[C@H](NC1CCOCC1)C(=O)N[C@H](Cc1ccc(OCc2ccccc2)cc1)C(=O)NCCCn1ccnc1. The van der Waals surface area contributed by atoms with E-state index in [0.29, 0.717) is 45.1 Å². The third-order valence-corrected chi connectivity index (χ3v) is 7.38. The Balaban J connectivity index is 1.39. The Kier molecular flexibility index (Phi) is 12.4. The van der Waals surface area contributed by atoms with E-state index in [0.717, 1.165) is 42.7 Å². The van der Waals surface area contributed by atoms with Crippen LogP contribution in [0.25, 0.3) is 0 Å². The highest BCUT2D eigenvalue weighted by molar-refractivity contribution is 5.90. The minimum absolute atomic E-state index is 0.142. The summed E-state index contributed by atoms with van der Waals surface area (Å²) in [5, 5.41) is 9.67. The number of hydrogen-bond acceptors (Lipinski definition) is 6. The van der Waals surface area contributed by atoms with Crippen molar-refractivity contribution < 1.29 is 19.1 Å². The topological polar surface area (TPSA) is 107 Å². The third-order valence-electron chi connectivity index (χ3n) is 7.38. The minimum atomic E-state index is -0.701. The maximum atomic E-state index is 13.6. The van der Waals surface area contributed by atoms with Gasteiger partial charge >= 0.3 is 0 Å². The smallest absolute Gasteiger partial charge is 0.242 e. The molecule has 2 heterocycles. The van der Waals surface area contributed by atoms with E-state index >= 15 is 0 Å². The molecule has 1 saturated heterocycles. The number of amides is 2. The Morgan fingerprint density at radius 3 is 2.45 bits per heavy atom. The fourth-order valence-corrected chi connectivity index (χ4v) is 5.07. The van der Waals surface area contributed by atoms with E-state index in [2.05, 4.69) is 34.8 Å². The van der Waals surface area contributed by atoms with Crippen LogP contribution in [0.4, 0.5) is 0 Å². The van der Waals surface area contributed by atoms with Gasteiger partial charge < -0.3 is 30.0 Å². The third kappa shape index (κ3) is 10.6. The number of imidazole rings is 1. The second-order valence-corrected chi connectivity index (χ2v) is 11.4. The molecular formula is C33H45N5O4. The normalized spacial score (nSPS) is 15.2. The Hall–Kier alpha value is -3.69. The quantitative estimate of drug-likeness (QED) is 0.224. The molecule has 1 fully saturated rings. The van der Waals surface area contributed by atoms with Gasteiger partial charge in [-0.2, -0.15) is 0 Å². The Morgan fingerprint density at radius 1 is 1.00 bits per heavy atom. The molecule has 0 aliphatic carbocycles. The number of rotatable bonds is 16. The van der Waals surface area contributed by atoms with Crippen molar-refractivity contribution in [3.05, 3.63) is 84.4 Å². The summed E-state index contributed by atoms with van der Waals surface area (Å²) in [5.74, 6) is 0.751. The van der Waals surface area contributed by atoms with Crippen LogP contribution in [0.2, 0.25) is 0 Å². The molecule has 226 valence electrons. The molecule has 2 amide bonds. The number of ether oxygens (including phenoxy) is 2. The summed E-state index contributed by atoms with van der Waals surface area (Å²) in [5.41, 5.74) is 2.04. The van der Waals surface area contributed by atoms with Crippen LogP contribution in [0, 0.1) is 5.92 Å². The van der Waals surface area contributed by atoms with Crippen molar-refractivity contribution in [2.45, 2.75) is 77.2 Å². The molecule has 2 aromatic carbocycles. The van der Waals surface area contributed by atoms with E-state index in [1.807, 2.05) is 65.4 Å². The van der Waals surface area contributed by atoms with E-state index in [9.17, 15) is 9.59 Å². The Labute approximate surface area is 249 Å². The molecule has 0 spiro atoms. The zero-order valence-corrected chi connectivity index (χ0v) is 24.8. The average Bonchev–Trinajstić information content (AvgIpc) is 3.53. The lowest BCUT2D eigenvalue weighted by Gasteiger charge is -2.30. The van der Waals surface area contributed by atoms with Crippen molar-refractivity contribution in [1.82, 2.24) is 25.5 Å². The molecule has 3 N–H and O–H groups in total. The number of aromatic nitrogens is 2. The second-order valence-electron chi connectivity index (χ2n) is 11.4. The lowest BCUT2D eigenvalue weighted by Crippen LogP contribution is -2.56. The van der Waals surface area contributed by atoms with Crippen LogP contribution in [0.3, 0.4) is 0 Å². The highest BCUT2D eigenvalue weighted by atomic mass is 16.5. The Bertz CT molecular complexity index is 1190. The molecule has 1 aromatic heterocycles. The van der Waals surface area contributed by atoms with Crippen LogP contribution in [-0.2, 0) is 33.9 Å². The van der Waals surface area contributed by atoms with E-state index < -0.39 is 6.04 Å². The highest BCUT2D eigenvalue weighted by Crippen LogP contribution is 2.16. The predicted octanol–water partition coefficient (Wildman–Crippen LogP) is 3.88. The maximum Gasteiger partial charge on any atom is 0.242 e. The van der Waals surface area contributed by atoms with Gasteiger partial charge in [0.05, 0.1) is 12.4 Å². The molecule has 0 radical (unpaired) electrons. The Morgan fingerprint density at radius 2 is 1.76 bits per heavy atom. The standard InChI is InChI=1S/C33H45N5O4/c1-25(2)21-30(36-28-13-19-41-20-14-28)33(40)37-31(32(39)35-15-6-17-38-18-16-34-24-38)22-26-9-11-29(12-10-26)42-23-27-7-4-3-5-8-27/h3-5,7-12,16,18,24-25,28,30-31,36H,6,13-15,17,19-23H2,1-2H3,(H,35,39)(H,37,40)/t30-,31+/m0/s1. The molecule has 9 nitrogen and oxygen atoms in total. The minimum Gasteiger partial charge on any atom is -0.489 e. The first-order valence-electron chi connectivity index (χ1n) is 15.1. The van der Waals surface area contributed by atoms with Crippen LogP contribution < -0.4 is 20.7 Å². The van der Waals surface area contributed by atoms with Crippen molar-refractivity contribution in [3.8, 4) is 5.75 Å². The molecular weight excluding hydrogens is 530 g/mol. The van der Waals surface area contributed by atoms with E-state index in [4.69, 9.17) is 9.47 Å². The van der Waals surface area contributed by atoms with Crippen LogP contribution in [0.5, 0.6) is 5.75 Å². The molecule has 0 bridgehead atoms. The predicted molar refractivity (Wildman–Crippen MR) is 163 cm³/mol. The lowest BCUT2D eigenvalue weighted by molar-refractivity contribution is -0.130. The molecule has 0 saturated carbocycles. The van der Waals surface area contributed by atoms with Crippen LogP contribution in [0.1, 0.15) is 50.7 Å². The van der Waals surface area contributed by atoms with Gasteiger partial charge in [-0.25, -0.2) is 4.98 Å². The summed E-state index contributed by atoms with van der Waals surface area (Å²) in [6.07, 6.45) is 8.99. The van der Waals surface area contributed by atoms with Crippen molar-refractivity contribution in [1.29, 1.82) is 0 Å². The van der Waals surface area contributed by atoms with Gasteiger partial charge in [-0.05, 0) is 54.9 Å². The first-order valence-corrected chi connectivity index (χ1v) is 15.1. The van der Waals surface area contributed by atoms with Crippen molar-refractivity contribution in [2.24, 2.45) is 5.92 Å². The zero-order chi connectivity index (χ0) is 29.6. The van der Waals surface area contributed by atoms with Crippen LogP contribution >= 0.6 is 0 Å². The summed E-state index contributed by atoms with van der Waals surface area (Å²) >= 11 is 0. The van der Waals surface area contributed by atoms with Crippen LogP contribution in [-0.4, -0.2) is 59.2 Å². The van der Waals surface area contributed by atoms with Gasteiger partial charge in [0.2, 0.25) is 11.8 Å². The molecule has 9 heteroatoms. The van der Waals surface area contributed by atoms with Gasteiger partial charge in [0.15, 0.2) is 0 Å². The first kappa shape index (κ1) is 31.3. The van der Waals surface area contributed by atoms with Crippen molar-refractivity contribution >= 4 is 11.8 Å². The molecule has 1 aliphatic rings. The summed E-state index contributed by atoms with van der Waals surface area (Å²) < 4.78 is 13.4. The van der Waals surface area contributed by atoms with Gasteiger partial charge in [0.25, 0.3) is 0 Å².